The molecule has 1 aromatic carbocycles. The van der Waals surface area contributed by atoms with E-state index in [-0.39, 0.29) is 5.97 Å². The Morgan fingerprint density at radius 1 is 1.38 bits per heavy atom. The molecule has 0 aliphatic heterocycles. The van der Waals surface area contributed by atoms with Gasteiger partial charge in [0, 0.05) is 22.5 Å². The predicted molar refractivity (Wildman–Crippen MR) is 97.3 cm³/mol. The zero-order chi connectivity index (χ0) is 18.1. The first kappa shape index (κ1) is 20.2. The molecular weight excluding hydrogens is 326 g/mol. The van der Waals surface area contributed by atoms with E-state index in [9.17, 15) is 4.79 Å². The second-order valence-electron chi connectivity index (χ2n) is 5.79. The molecule has 0 aromatic heterocycles. The largest absolute Gasteiger partial charge is 0.497 e. The first-order chi connectivity index (χ1) is 11.4. The maximum absolute atomic E-state index is 11.9. The number of thioether (sulfide) groups is 1. The van der Waals surface area contributed by atoms with Crippen molar-refractivity contribution in [2.24, 2.45) is 17.5 Å². The molecule has 0 unspecified atom stereocenters. The summed E-state index contributed by atoms with van der Waals surface area (Å²) in [6.07, 6.45) is 2.19. The number of nitrogens with zero attached hydrogens (tertiary/aromatic N) is 1. The number of rotatable bonds is 9. The van der Waals surface area contributed by atoms with E-state index in [2.05, 4.69) is 0 Å². The van der Waals surface area contributed by atoms with Gasteiger partial charge < -0.3 is 20.2 Å². The number of benzene rings is 1. The number of hydrogen-bond acceptors (Lipinski definition) is 7. The lowest BCUT2D eigenvalue weighted by Gasteiger charge is -2.25. The molecule has 0 aliphatic rings. The number of carbonyl (C=O) groups excluding carboxylic acids is 1. The molecule has 0 radical (unpaired) electrons. The summed E-state index contributed by atoms with van der Waals surface area (Å²) in [5.41, 5.74) is 6.61. The summed E-state index contributed by atoms with van der Waals surface area (Å²) < 4.78 is 10.0. The monoisotopic (exact) mass is 353 g/mol. The third kappa shape index (κ3) is 6.72. The van der Waals surface area contributed by atoms with Crippen molar-refractivity contribution >= 4 is 17.7 Å². The Bertz CT molecular complexity index is 564. The van der Waals surface area contributed by atoms with Gasteiger partial charge >= 0.3 is 5.97 Å². The quantitative estimate of drug-likeness (QED) is 0.305. The molecule has 7 heteroatoms. The Labute approximate surface area is 148 Å². The molecule has 0 saturated carbocycles. The Morgan fingerprint density at radius 3 is 2.67 bits per heavy atom. The SMILES string of the molecule is COC(=O)[C@@H](CC(C)C)N(N)/C=C(\N)CSc1cccc(OC)c1. The minimum Gasteiger partial charge on any atom is -0.497 e. The van der Waals surface area contributed by atoms with E-state index in [4.69, 9.17) is 21.1 Å². The summed E-state index contributed by atoms with van der Waals surface area (Å²) in [6, 6.07) is 7.19. The highest BCUT2D eigenvalue weighted by atomic mass is 32.2. The molecule has 0 spiro atoms. The van der Waals surface area contributed by atoms with Crippen molar-refractivity contribution < 1.29 is 14.3 Å². The first-order valence-electron chi connectivity index (χ1n) is 7.71. The molecule has 0 saturated heterocycles. The summed E-state index contributed by atoms with van der Waals surface area (Å²) in [7, 11) is 2.99. The van der Waals surface area contributed by atoms with Crippen molar-refractivity contribution in [1.29, 1.82) is 0 Å². The summed E-state index contributed by atoms with van der Waals surface area (Å²) in [6.45, 7) is 4.05. The highest BCUT2D eigenvalue weighted by molar-refractivity contribution is 7.99. The molecule has 0 heterocycles. The van der Waals surface area contributed by atoms with Gasteiger partial charge in [-0.15, -0.1) is 11.8 Å². The van der Waals surface area contributed by atoms with Crippen molar-refractivity contribution in [1.82, 2.24) is 5.01 Å². The smallest absolute Gasteiger partial charge is 0.330 e. The van der Waals surface area contributed by atoms with Crippen LogP contribution in [-0.2, 0) is 9.53 Å². The molecule has 6 nitrogen and oxygen atoms in total. The lowest BCUT2D eigenvalue weighted by molar-refractivity contribution is -0.146. The number of nitrogens with two attached hydrogens (primary N) is 2. The van der Waals surface area contributed by atoms with Crippen LogP contribution in [0.4, 0.5) is 0 Å². The number of hydrogen-bond donors (Lipinski definition) is 2. The van der Waals surface area contributed by atoms with Crippen LogP contribution < -0.4 is 16.3 Å². The van der Waals surface area contributed by atoms with Crippen LogP contribution in [0.15, 0.2) is 41.1 Å². The third-order valence-corrected chi connectivity index (χ3v) is 4.35. The zero-order valence-corrected chi connectivity index (χ0v) is 15.5. The number of carbonyl (C=O) groups is 1. The van der Waals surface area contributed by atoms with E-state index in [1.54, 1.807) is 25.1 Å². The molecular formula is C17H27N3O3S. The lowest BCUT2D eigenvalue weighted by atomic mass is 10.0. The van der Waals surface area contributed by atoms with Crippen LogP contribution in [0.1, 0.15) is 20.3 Å². The van der Waals surface area contributed by atoms with Crippen molar-refractivity contribution in [3.05, 3.63) is 36.2 Å². The second-order valence-corrected chi connectivity index (χ2v) is 6.84. The predicted octanol–water partition coefficient (Wildman–Crippen LogP) is 2.35. The molecule has 1 atom stereocenters. The molecule has 0 amide bonds. The fourth-order valence-corrected chi connectivity index (χ4v) is 2.88. The first-order valence-corrected chi connectivity index (χ1v) is 8.69. The van der Waals surface area contributed by atoms with Gasteiger partial charge in [-0.25, -0.2) is 10.6 Å². The maximum Gasteiger partial charge on any atom is 0.330 e. The van der Waals surface area contributed by atoms with E-state index in [0.717, 1.165) is 10.6 Å². The van der Waals surface area contributed by atoms with Crippen LogP contribution in [0.5, 0.6) is 5.75 Å². The normalized spacial score (nSPS) is 12.8. The molecule has 0 aliphatic carbocycles. The van der Waals surface area contributed by atoms with Crippen molar-refractivity contribution in [3.63, 3.8) is 0 Å². The fraction of sp³-hybridized carbons (Fsp3) is 0.471. The highest BCUT2D eigenvalue weighted by Crippen LogP contribution is 2.23. The standard InChI is InChI=1S/C17H27N3O3S/c1-12(2)8-16(17(21)23-4)20(19)10-13(18)11-24-15-7-5-6-14(9-15)22-3/h5-7,9-10,12,16H,8,11,18-19H2,1-4H3/b13-10-/t16-/m1/s1. The molecule has 24 heavy (non-hydrogen) atoms. The van der Waals surface area contributed by atoms with Gasteiger partial charge in [-0.2, -0.15) is 0 Å². The van der Waals surface area contributed by atoms with E-state index >= 15 is 0 Å². The van der Waals surface area contributed by atoms with Gasteiger partial charge in [0.2, 0.25) is 0 Å². The van der Waals surface area contributed by atoms with Crippen molar-refractivity contribution in [3.8, 4) is 5.75 Å². The van der Waals surface area contributed by atoms with E-state index in [1.807, 2.05) is 38.1 Å². The van der Waals surface area contributed by atoms with Crippen LogP contribution >= 0.6 is 11.8 Å². The minimum atomic E-state index is -0.546. The van der Waals surface area contributed by atoms with E-state index in [0.29, 0.717) is 23.8 Å². The third-order valence-electron chi connectivity index (χ3n) is 3.29. The van der Waals surface area contributed by atoms with Crippen LogP contribution in [0, 0.1) is 5.92 Å². The molecule has 0 bridgehead atoms. The lowest BCUT2D eigenvalue weighted by Crippen LogP contribution is -2.44. The number of esters is 1. The van der Waals surface area contributed by atoms with Gasteiger partial charge in [-0.1, -0.05) is 19.9 Å². The molecule has 1 rings (SSSR count). The molecule has 1 aromatic rings. The number of methoxy groups -OCH3 is 2. The van der Waals surface area contributed by atoms with Crippen molar-refractivity contribution in [2.75, 3.05) is 20.0 Å². The summed E-state index contributed by atoms with van der Waals surface area (Å²) in [4.78, 5) is 12.9. The van der Waals surface area contributed by atoms with Gasteiger partial charge in [0.1, 0.15) is 11.8 Å². The number of hydrazine groups is 1. The van der Waals surface area contributed by atoms with Crippen LogP contribution in [-0.4, -0.2) is 37.0 Å². The second kappa shape index (κ2) is 10.1. The van der Waals surface area contributed by atoms with Gasteiger partial charge in [-0.05, 0) is 30.5 Å². The van der Waals surface area contributed by atoms with Gasteiger partial charge in [0.25, 0.3) is 0 Å². The van der Waals surface area contributed by atoms with Crippen LogP contribution in [0.25, 0.3) is 0 Å². The zero-order valence-electron chi connectivity index (χ0n) is 14.7. The van der Waals surface area contributed by atoms with Gasteiger partial charge in [-0.3, -0.25) is 0 Å². The fourth-order valence-electron chi connectivity index (χ4n) is 2.10. The summed E-state index contributed by atoms with van der Waals surface area (Å²) in [5, 5.41) is 1.34. The summed E-state index contributed by atoms with van der Waals surface area (Å²) >= 11 is 1.57. The number of ether oxygens (including phenoxy) is 2. The van der Waals surface area contributed by atoms with Gasteiger partial charge in [0.05, 0.1) is 14.2 Å². The van der Waals surface area contributed by atoms with Crippen LogP contribution in [0.2, 0.25) is 0 Å². The van der Waals surface area contributed by atoms with Crippen LogP contribution in [0.3, 0.4) is 0 Å². The maximum atomic E-state index is 11.9. The highest BCUT2D eigenvalue weighted by Gasteiger charge is 2.24. The van der Waals surface area contributed by atoms with Gasteiger partial charge in [0.15, 0.2) is 0 Å². The van der Waals surface area contributed by atoms with E-state index in [1.165, 1.54) is 12.1 Å². The van der Waals surface area contributed by atoms with Crippen molar-refractivity contribution in [2.45, 2.75) is 31.2 Å². The average molecular weight is 353 g/mol. The molecule has 0 fully saturated rings. The van der Waals surface area contributed by atoms with E-state index < -0.39 is 6.04 Å². The Kier molecular flexibility index (Phi) is 8.49. The topological polar surface area (TPSA) is 90.8 Å². The Balaban J connectivity index is 2.69. The average Bonchev–Trinajstić information content (AvgIpc) is 2.57. The molecule has 134 valence electrons. The minimum absolute atomic E-state index is 0.306. The summed E-state index contributed by atoms with van der Waals surface area (Å²) in [5.74, 6) is 7.30. The Hall–Kier alpha value is -1.86. The Morgan fingerprint density at radius 2 is 2.08 bits per heavy atom. The molecule has 4 N–H and O–H groups in total.